The van der Waals surface area contributed by atoms with Crippen LogP contribution in [0.25, 0.3) is 28.0 Å². The number of allylic oxidation sites excluding steroid dienone is 1. The quantitative estimate of drug-likeness (QED) is 0.521. The zero-order chi connectivity index (χ0) is 16.9. The molecule has 3 rings (SSSR count). The Balaban J connectivity index is 2.03. The Kier molecular flexibility index (Phi) is 4.90. The summed E-state index contributed by atoms with van der Waals surface area (Å²) in [6.07, 6.45) is 4.10. The third-order valence-electron chi connectivity index (χ3n) is 4.33. The maximum absolute atomic E-state index is 4.75. The lowest BCUT2D eigenvalue weighted by Gasteiger charge is -2.13. The number of aryl methyl sites for hydroxylation is 1. The van der Waals surface area contributed by atoms with Crippen LogP contribution in [-0.2, 0) is 0 Å². The molecule has 0 spiro atoms. The molecule has 0 fully saturated rings. The van der Waals surface area contributed by atoms with Crippen LogP contribution in [0.1, 0.15) is 30.9 Å². The minimum absolute atomic E-state index is 1.01. The highest BCUT2D eigenvalue weighted by Crippen LogP contribution is 2.31. The fraction of sp³-hybridized carbons (Fsp3) is 0.174. The van der Waals surface area contributed by atoms with Crippen molar-refractivity contribution in [2.75, 3.05) is 0 Å². The van der Waals surface area contributed by atoms with Gasteiger partial charge in [-0.3, -0.25) is 4.98 Å². The normalized spacial score (nSPS) is 10.6. The second-order valence-electron chi connectivity index (χ2n) is 6.15. The van der Waals surface area contributed by atoms with Gasteiger partial charge in [0, 0.05) is 17.3 Å². The van der Waals surface area contributed by atoms with E-state index in [9.17, 15) is 0 Å². The Hall–Kier alpha value is -2.67. The Bertz CT molecular complexity index is 847. The smallest absolute Gasteiger partial charge is 0.0711 e. The molecule has 1 aromatic heterocycles. The molecule has 0 radical (unpaired) electrons. The minimum Gasteiger partial charge on any atom is -0.256 e. The van der Waals surface area contributed by atoms with Crippen LogP contribution in [0, 0.1) is 6.92 Å². The fourth-order valence-electron chi connectivity index (χ4n) is 3.07. The van der Waals surface area contributed by atoms with Crippen molar-refractivity contribution in [1.82, 2.24) is 4.98 Å². The van der Waals surface area contributed by atoms with E-state index in [1.807, 2.05) is 12.3 Å². The summed E-state index contributed by atoms with van der Waals surface area (Å²) in [5.74, 6) is 0. The van der Waals surface area contributed by atoms with Crippen molar-refractivity contribution < 1.29 is 0 Å². The molecule has 120 valence electrons. The molecule has 0 saturated heterocycles. The summed E-state index contributed by atoms with van der Waals surface area (Å²) in [7, 11) is 0. The first-order chi connectivity index (χ1) is 11.7. The molecule has 0 unspecified atom stereocenters. The highest BCUT2D eigenvalue weighted by atomic mass is 14.7. The molecular weight excluding hydrogens is 290 g/mol. The monoisotopic (exact) mass is 313 g/mol. The van der Waals surface area contributed by atoms with Gasteiger partial charge in [-0.05, 0) is 41.7 Å². The molecule has 2 aromatic carbocycles. The average Bonchev–Trinajstić information content (AvgIpc) is 2.62. The second kappa shape index (κ2) is 7.27. The predicted molar refractivity (Wildman–Crippen MR) is 104 cm³/mol. The van der Waals surface area contributed by atoms with E-state index in [0.29, 0.717) is 0 Å². The lowest BCUT2D eigenvalue weighted by atomic mass is 9.94. The van der Waals surface area contributed by atoms with Gasteiger partial charge < -0.3 is 0 Å². The fourth-order valence-corrected chi connectivity index (χ4v) is 3.07. The van der Waals surface area contributed by atoms with Crippen molar-refractivity contribution in [1.29, 1.82) is 0 Å². The first-order valence-corrected chi connectivity index (χ1v) is 8.50. The first kappa shape index (κ1) is 16.2. The van der Waals surface area contributed by atoms with Gasteiger partial charge in [0.2, 0.25) is 0 Å². The van der Waals surface area contributed by atoms with Crippen LogP contribution >= 0.6 is 0 Å². The molecule has 0 bridgehead atoms. The van der Waals surface area contributed by atoms with E-state index in [0.717, 1.165) is 18.5 Å². The summed E-state index contributed by atoms with van der Waals surface area (Å²) in [5, 5.41) is 0. The molecule has 0 aliphatic rings. The van der Waals surface area contributed by atoms with Gasteiger partial charge in [0.25, 0.3) is 0 Å². The van der Waals surface area contributed by atoms with E-state index in [4.69, 9.17) is 4.98 Å². The van der Waals surface area contributed by atoms with Gasteiger partial charge >= 0.3 is 0 Å². The van der Waals surface area contributed by atoms with Gasteiger partial charge in [-0.2, -0.15) is 0 Å². The minimum atomic E-state index is 1.01. The molecule has 1 nitrogen and oxygen atoms in total. The van der Waals surface area contributed by atoms with Crippen LogP contribution in [0.4, 0.5) is 0 Å². The molecule has 0 atom stereocenters. The van der Waals surface area contributed by atoms with Crippen molar-refractivity contribution in [2.24, 2.45) is 0 Å². The van der Waals surface area contributed by atoms with Crippen molar-refractivity contribution in [2.45, 2.75) is 26.7 Å². The van der Waals surface area contributed by atoms with Crippen molar-refractivity contribution in [3.8, 4) is 22.4 Å². The largest absolute Gasteiger partial charge is 0.256 e. The number of aromatic nitrogens is 1. The van der Waals surface area contributed by atoms with Crippen molar-refractivity contribution >= 4 is 5.57 Å². The van der Waals surface area contributed by atoms with Gasteiger partial charge in [0.1, 0.15) is 0 Å². The average molecular weight is 313 g/mol. The van der Waals surface area contributed by atoms with Crippen LogP contribution in [-0.4, -0.2) is 4.98 Å². The van der Waals surface area contributed by atoms with Gasteiger partial charge in [-0.25, -0.2) is 0 Å². The van der Waals surface area contributed by atoms with Crippen LogP contribution in [0.2, 0.25) is 0 Å². The van der Waals surface area contributed by atoms with E-state index in [1.165, 1.54) is 33.4 Å². The zero-order valence-electron chi connectivity index (χ0n) is 14.4. The third kappa shape index (κ3) is 3.30. The molecule has 0 aliphatic carbocycles. The van der Waals surface area contributed by atoms with Gasteiger partial charge in [0.05, 0.1) is 5.69 Å². The van der Waals surface area contributed by atoms with Crippen molar-refractivity contribution in [3.05, 3.63) is 84.6 Å². The first-order valence-electron chi connectivity index (χ1n) is 8.50. The standard InChI is InChI=1S/C23H23N/c1-4-10-17(2)20-13-8-9-14-21(20)23-15-18(3)22(16-24-23)19-11-6-5-7-12-19/h5-9,11-16H,2,4,10H2,1,3H3. The SMILES string of the molecule is C=C(CCC)c1ccccc1-c1cc(C)c(-c2ccccc2)cn1. The molecule has 24 heavy (non-hydrogen) atoms. The summed E-state index contributed by atoms with van der Waals surface area (Å²) < 4.78 is 0. The topological polar surface area (TPSA) is 12.9 Å². The van der Waals surface area contributed by atoms with Gasteiger partial charge in [0.15, 0.2) is 0 Å². The molecule has 1 heteroatoms. The summed E-state index contributed by atoms with van der Waals surface area (Å²) in [4.78, 5) is 4.75. The molecular formula is C23H23N. The molecule has 3 aromatic rings. The molecule has 1 heterocycles. The van der Waals surface area contributed by atoms with Crippen LogP contribution in [0.3, 0.4) is 0 Å². The Morgan fingerprint density at radius 3 is 2.38 bits per heavy atom. The zero-order valence-corrected chi connectivity index (χ0v) is 14.4. The predicted octanol–water partition coefficient (Wildman–Crippen LogP) is 6.54. The van der Waals surface area contributed by atoms with E-state index in [1.54, 1.807) is 0 Å². The van der Waals surface area contributed by atoms with E-state index < -0.39 is 0 Å². The Morgan fingerprint density at radius 2 is 1.67 bits per heavy atom. The highest BCUT2D eigenvalue weighted by Gasteiger charge is 2.10. The number of rotatable bonds is 5. The highest BCUT2D eigenvalue weighted by molar-refractivity contribution is 5.80. The van der Waals surface area contributed by atoms with Crippen LogP contribution < -0.4 is 0 Å². The molecule has 0 aliphatic heterocycles. The maximum atomic E-state index is 4.75. The lowest BCUT2D eigenvalue weighted by Crippen LogP contribution is -1.93. The summed E-state index contributed by atoms with van der Waals surface area (Å²) in [6.45, 7) is 8.60. The van der Waals surface area contributed by atoms with Crippen LogP contribution in [0.5, 0.6) is 0 Å². The number of pyridine rings is 1. The molecule has 0 N–H and O–H groups in total. The number of benzene rings is 2. The van der Waals surface area contributed by atoms with Crippen molar-refractivity contribution in [3.63, 3.8) is 0 Å². The van der Waals surface area contributed by atoms with E-state index in [-0.39, 0.29) is 0 Å². The number of hydrogen-bond donors (Lipinski definition) is 0. The summed E-state index contributed by atoms with van der Waals surface area (Å²) >= 11 is 0. The van der Waals surface area contributed by atoms with E-state index >= 15 is 0 Å². The Morgan fingerprint density at radius 1 is 0.958 bits per heavy atom. The third-order valence-corrected chi connectivity index (χ3v) is 4.33. The number of nitrogens with zero attached hydrogens (tertiary/aromatic N) is 1. The Labute approximate surface area is 144 Å². The molecule has 0 saturated carbocycles. The second-order valence-corrected chi connectivity index (χ2v) is 6.15. The summed E-state index contributed by atoms with van der Waals surface area (Å²) in [6, 6.07) is 21.0. The lowest BCUT2D eigenvalue weighted by molar-refractivity contribution is 0.975. The molecule has 0 amide bonds. The number of hydrogen-bond acceptors (Lipinski definition) is 1. The van der Waals surface area contributed by atoms with Gasteiger partial charge in [-0.15, -0.1) is 0 Å². The summed E-state index contributed by atoms with van der Waals surface area (Å²) in [5.41, 5.74) is 8.20. The van der Waals surface area contributed by atoms with E-state index in [2.05, 4.69) is 75.0 Å². The van der Waals surface area contributed by atoms with Gasteiger partial charge in [-0.1, -0.05) is 74.5 Å². The van der Waals surface area contributed by atoms with Crippen LogP contribution in [0.15, 0.2) is 73.4 Å². The maximum Gasteiger partial charge on any atom is 0.0711 e.